The van der Waals surface area contributed by atoms with E-state index in [9.17, 15) is 24.6 Å². The molecule has 0 spiro atoms. The Bertz CT molecular complexity index is 1200. The van der Waals surface area contributed by atoms with E-state index in [-0.39, 0.29) is 24.0 Å². The molecule has 0 heterocycles. The molecule has 31 heavy (non-hydrogen) atoms. The number of fused-ring (bicyclic) bond motifs is 1. The summed E-state index contributed by atoms with van der Waals surface area (Å²) in [6.07, 6.45) is 0.400. The van der Waals surface area contributed by atoms with Crippen molar-refractivity contribution >= 4 is 29.4 Å². The van der Waals surface area contributed by atoms with Crippen LogP contribution >= 0.6 is 11.6 Å². The first-order chi connectivity index (χ1) is 14.8. The molecule has 1 aliphatic rings. The Morgan fingerprint density at radius 1 is 0.839 bits per heavy atom. The Hall–Kier alpha value is -3.64. The second kappa shape index (κ2) is 7.89. The quantitative estimate of drug-likeness (QED) is 0.560. The first kappa shape index (κ1) is 20.6. The zero-order chi connectivity index (χ0) is 22.2. The molecule has 6 nitrogen and oxygen atoms in total. The fraction of sp³-hybridized carbons (Fsp3) is 0.125. The highest BCUT2D eigenvalue weighted by Crippen LogP contribution is 2.32. The van der Waals surface area contributed by atoms with Crippen LogP contribution < -0.4 is 5.32 Å². The van der Waals surface area contributed by atoms with Gasteiger partial charge in [-0.1, -0.05) is 48.0 Å². The molecule has 4 rings (SSSR count). The van der Waals surface area contributed by atoms with Gasteiger partial charge in [0, 0.05) is 29.0 Å². The van der Waals surface area contributed by atoms with Crippen molar-refractivity contribution in [2.75, 3.05) is 0 Å². The van der Waals surface area contributed by atoms with Crippen molar-refractivity contribution in [2.45, 2.75) is 18.4 Å². The monoisotopic (exact) mass is 435 g/mol. The smallest absolute Gasteiger partial charge is 0.335 e. The lowest BCUT2D eigenvalue weighted by molar-refractivity contribution is -0.144. The summed E-state index contributed by atoms with van der Waals surface area (Å²) in [5.74, 6) is -2.71. The molecular formula is C24H18ClNO5. The highest BCUT2D eigenvalue weighted by molar-refractivity contribution is 6.33. The zero-order valence-electron chi connectivity index (χ0n) is 16.3. The SMILES string of the molecule is O=C(O)c1cccc(-c2cc(C(=O)NC3(C(=O)O)Cc4ccccc4C3)ccc2Cl)c1. The number of rotatable bonds is 5. The van der Waals surface area contributed by atoms with Crippen molar-refractivity contribution in [3.8, 4) is 11.1 Å². The lowest BCUT2D eigenvalue weighted by Gasteiger charge is -2.25. The minimum absolute atomic E-state index is 0.0944. The van der Waals surface area contributed by atoms with Gasteiger partial charge in [0.1, 0.15) is 5.54 Å². The Morgan fingerprint density at radius 3 is 2.13 bits per heavy atom. The van der Waals surface area contributed by atoms with E-state index < -0.39 is 23.4 Å². The van der Waals surface area contributed by atoms with Crippen LogP contribution in [0.1, 0.15) is 31.8 Å². The van der Waals surface area contributed by atoms with Crippen LogP contribution in [0.25, 0.3) is 11.1 Å². The highest BCUT2D eigenvalue weighted by atomic mass is 35.5. The molecule has 3 aromatic rings. The molecule has 0 radical (unpaired) electrons. The fourth-order valence-corrected chi connectivity index (χ4v) is 4.13. The van der Waals surface area contributed by atoms with Crippen molar-refractivity contribution in [3.63, 3.8) is 0 Å². The number of hydrogen-bond acceptors (Lipinski definition) is 3. The molecule has 3 N–H and O–H groups in total. The molecule has 0 atom stereocenters. The highest BCUT2D eigenvalue weighted by Gasteiger charge is 2.45. The summed E-state index contributed by atoms with van der Waals surface area (Å²) in [5, 5.41) is 22.2. The summed E-state index contributed by atoms with van der Waals surface area (Å²) < 4.78 is 0. The first-order valence-corrected chi connectivity index (χ1v) is 9.93. The molecule has 0 saturated heterocycles. The Balaban J connectivity index is 1.65. The molecule has 0 aliphatic heterocycles. The summed E-state index contributed by atoms with van der Waals surface area (Å²) >= 11 is 6.30. The van der Waals surface area contributed by atoms with E-state index in [0.29, 0.717) is 16.1 Å². The van der Waals surface area contributed by atoms with Crippen LogP contribution in [0.15, 0.2) is 66.7 Å². The number of aliphatic carboxylic acids is 1. The Labute approximate surface area is 183 Å². The van der Waals surface area contributed by atoms with Gasteiger partial charge in [-0.15, -0.1) is 0 Å². The van der Waals surface area contributed by atoms with Gasteiger partial charge in [0.05, 0.1) is 5.56 Å². The zero-order valence-corrected chi connectivity index (χ0v) is 17.0. The van der Waals surface area contributed by atoms with Gasteiger partial charge < -0.3 is 15.5 Å². The van der Waals surface area contributed by atoms with Gasteiger partial charge in [-0.3, -0.25) is 4.79 Å². The number of aromatic carboxylic acids is 1. The Morgan fingerprint density at radius 2 is 1.52 bits per heavy atom. The summed E-state index contributed by atoms with van der Waals surface area (Å²) in [5.41, 5.74) is 1.72. The number of halogens is 1. The van der Waals surface area contributed by atoms with Crippen LogP contribution in [0, 0.1) is 0 Å². The molecule has 0 bridgehead atoms. The lowest BCUT2D eigenvalue weighted by Crippen LogP contribution is -2.55. The number of carboxylic acids is 2. The molecular weight excluding hydrogens is 418 g/mol. The number of carbonyl (C=O) groups is 3. The minimum atomic E-state index is -1.43. The van der Waals surface area contributed by atoms with Crippen LogP contribution in [0.5, 0.6) is 0 Å². The second-order valence-electron chi connectivity index (χ2n) is 7.54. The maximum atomic E-state index is 13.0. The van der Waals surface area contributed by atoms with Crippen LogP contribution in [-0.4, -0.2) is 33.6 Å². The topological polar surface area (TPSA) is 104 Å². The third kappa shape index (κ3) is 3.90. The van der Waals surface area contributed by atoms with Crippen molar-refractivity contribution < 1.29 is 24.6 Å². The largest absolute Gasteiger partial charge is 0.479 e. The van der Waals surface area contributed by atoms with Gasteiger partial charge in [0.25, 0.3) is 5.91 Å². The summed E-state index contributed by atoms with van der Waals surface area (Å²) in [6, 6.07) is 18.2. The maximum Gasteiger partial charge on any atom is 0.335 e. The number of amides is 1. The standard InChI is InChI=1S/C24H18ClNO5/c25-20-9-8-15(11-19(20)14-6-3-7-16(10-14)22(28)29)21(27)26-24(23(30)31)12-17-4-1-2-5-18(17)13-24/h1-11H,12-13H2,(H,26,27)(H,28,29)(H,30,31). The van der Waals surface area contributed by atoms with Gasteiger partial charge in [-0.25, -0.2) is 9.59 Å². The number of carboxylic acid groups (broad SMARTS) is 2. The number of nitrogens with one attached hydrogen (secondary N) is 1. The Kier molecular flexibility index (Phi) is 5.25. The predicted molar refractivity (Wildman–Crippen MR) is 116 cm³/mol. The van der Waals surface area contributed by atoms with E-state index in [0.717, 1.165) is 11.1 Å². The normalized spacial score (nSPS) is 14.0. The number of benzene rings is 3. The molecule has 0 fully saturated rings. The van der Waals surface area contributed by atoms with Crippen molar-refractivity contribution in [1.29, 1.82) is 0 Å². The molecule has 0 aromatic heterocycles. The van der Waals surface area contributed by atoms with Gasteiger partial charge in [-0.05, 0) is 47.0 Å². The first-order valence-electron chi connectivity index (χ1n) is 9.55. The predicted octanol–water partition coefficient (Wildman–Crippen LogP) is 4.06. The third-order valence-corrected chi connectivity index (χ3v) is 5.84. The van der Waals surface area contributed by atoms with E-state index in [4.69, 9.17) is 11.6 Å². The van der Waals surface area contributed by atoms with Crippen molar-refractivity contribution in [3.05, 3.63) is 94.0 Å². The maximum absolute atomic E-state index is 13.0. The van der Waals surface area contributed by atoms with Gasteiger partial charge in [0.15, 0.2) is 0 Å². The fourth-order valence-electron chi connectivity index (χ4n) is 3.91. The molecule has 156 valence electrons. The van der Waals surface area contributed by atoms with E-state index >= 15 is 0 Å². The molecule has 3 aromatic carbocycles. The van der Waals surface area contributed by atoms with Crippen molar-refractivity contribution in [1.82, 2.24) is 5.32 Å². The van der Waals surface area contributed by atoms with Gasteiger partial charge in [0.2, 0.25) is 0 Å². The van der Waals surface area contributed by atoms with Crippen LogP contribution in [0.3, 0.4) is 0 Å². The lowest BCUT2D eigenvalue weighted by atomic mass is 9.94. The van der Waals surface area contributed by atoms with E-state index in [1.54, 1.807) is 12.1 Å². The molecule has 7 heteroatoms. The number of carbonyl (C=O) groups excluding carboxylic acids is 1. The second-order valence-corrected chi connectivity index (χ2v) is 7.95. The van der Waals surface area contributed by atoms with E-state index in [1.807, 2.05) is 24.3 Å². The molecule has 0 unspecified atom stereocenters. The van der Waals surface area contributed by atoms with Gasteiger partial charge >= 0.3 is 11.9 Å². The summed E-state index contributed by atoms with van der Waals surface area (Å²) in [4.78, 5) is 36.4. The van der Waals surface area contributed by atoms with Crippen LogP contribution in [-0.2, 0) is 17.6 Å². The van der Waals surface area contributed by atoms with Crippen LogP contribution in [0.4, 0.5) is 0 Å². The number of hydrogen-bond donors (Lipinski definition) is 3. The van der Waals surface area contributed by atoms with E-state index in [1.165, 1.54) is 30.3 Å². The molecule has 1 aliphatic carbocycles. The summed E-state index contributed by atoms with van der Waals surface area (Å²) in [7, 11) is 0. The summed E-state index contributed by atoms with van der Waals surface area (Å²) in [6.45, 7) is 0. The average molecular weight is 436 g/mol. The van der Waals surface area contributed by atoms with Gasteiger partial charge in [-0.2, -0.15) is 0 Å². The molecule has 1 amide bonds. The van der Waals surface area contributed by atoms with Crippen molar-refractivity contribution in [2.24, 2.45) is 0 Å². The average Bonchev–Trinajstić information content (AvgIpc) is 3.13. The van der Waals surface area contributed by atoms with Crippen LogP contribution in [0.2, 0.25) is 5.02 Å². The minimum Gasteiger partial charge on any atom is -0.479 e. The van der Waals surface area contributed by atoms with E-state index in [2.05, 4.69) is 5.32 Å². The molecule has 0 saturated carbocycles. The third-order valence-electron chi connectivity index (χ3n) is 5.51.